The number of furan rings is 1. The molecule has 1 aliphatic heterocycles. The van der Waals surface area contributed by atoms with Crippen molar-refractivity contribution in [2.45, 2.75) is 12.8 Å². The number of nitrogens with one attached hydrogen (secondary N) is 1. The fourth-order valence-electron chi connectivity index (χ4n) is 1.73. The van der Waals surface area contributed by atoms with E-state index in [0.717, 1.165) is 6.42 Å². The number of fused-ring (bicyclic) bond motifs is 1. The Hall–Kier alpha value is -1.91. The first-order chi connectivity index (χ1) is 7.27. The van der Waals surface area contributed by atoms with E-state index >= 15 is 0 Å². The molecule has 0 aliphatic carbocycles. The Morgan fingerprint density at radius 2 is 1.93 bits per heavy atom. The van der Waals surface area contributed by atoms with Gasteiger partial charge in [-0.15, -0.1) is 0 Å². The summed E-state index contributed by atoms with van der Waals surface area (Å²) in [7, 11) is 0. The van der Waals surface area contributed by atoms with Crippen molar-refractivity contribution in [1.29, 1.82) is 0 Å². The van der Waals surface area contributed by atoms with Gasteiger partial charge in [0, 0.05) is 12.1 Å². The Bertz CT molecular complexity index is 433. The summed E-state index contributed by atoms with van der Waals surface area (Å²) in [4.78, 5) is 32.9. The fraction of sp³-hybridized carbons (Fsp3) is 0.300. The summed E-state index contributed by atoms with van der Waals surface area (Å²) < 4.78 is 5.00. The lowest BCUT2D eigenvalue weighted by molar-refractivity contribution is 0.0946. The fourth-order valence-corrected chi connectivity index (χ4v) is 1.73. The van der Waals surface area contributed by atoms with Crippen LogP contribution in [0.2, 0.25) is 0 Å². The molecule has 2 rings (SSSR count). The van der Waals surface area contributed by atoms with Crippen molar-refractivity contribution < 1.29 is 18.8 Å². The highest BCUT2D eigenvalue weighted by atomic mass is 16.4. The van der Waals surface area contributed by atoms with Crippen LogP contribution in [0.4, 0.5) is 0 Å². The minimum atomic E-state index is -0.346. The molecule has 78 valence electrons. The second kappa shape index (κ2) is 3.68. The molecule has 0 spiro atoms. The smallest absolute Gasteiger partial charge is 0.255 e. The summed E-state index contributed by atoms with van der Waals surface area (Å²) in [5, 5.41) is 2.64. The zero-order chi connectivity index (χ0) is 10.8. The molecule has 0 saturated heterocycles. The Labute approximate surface area is 85.4 Å². The van der Waals surface area contributed by atoms with Gasteiger partial charge in [-0.3, -0.25) is 14.4 Å². The first kappa shape index (κ1) is 9.64. The van der Waals surface area contributed by atoms with Gasteiger partial charge in [-0.1, -0.05) is 0 Å². The van der Waals surface area contributed by atoms with E-state index in [1.165, 1.54) is 0 Å². The summed E-state index contributed by atoms with van der Waals surface area (Å²) in [6, 6.07) is 0. The molecule has 0 atom stereocenters. The lowest BCUT2D eigenvalue weighted by Gasteiger charge is -1.97. The van der Waals surface area contributed by atoms with Gasteiger partial charge in [-0.2, -0.15) is 0 Å². The van der Waals surface area contributed by atoms with Crippen LogP contribution >= 0.6 is 0 Å². The number of rotatable bonds is 2. The highest BCUT2D eigenvalue weighted by molar-refractivity contribution is 6.03. The maximum absolute atomic E-state index is 11.6. The molecule has 1 aromatic rings. The van der Waals surface area contributed by atoms with Crippen molar-refractivity contribution in [1.82, 2.24) is 5.32 Å². The Balaban J connectivity index is 2.63. The van der Waals surface area contributed by atoms with Crippen molar-refractivity contribution in [2.24, 2.45) is 0 Å². The molecule has 5 heteroatoms. The van der Waals surface area contributed by atoms with Crippen LogP contribution in [0.25, 0.3) is 0 Å². The van der Waals surface area contributed by atoms with E-state index in [4.69, 9.17) is 4.42 Å². The van der Waals surface area contributed by atoms with Crippen LogP contribution in [0.15, 0.2) is 4.42 Å². The van der Waals surface area contributed by atoms with Gasteiger partial charge in [0.15, 0.2) is 24.1 Å². The predicted molar refractivity (Wildman–Crippen MR) is 50.1 cm³/mol. The lowest BCUT2D eigenvalue weighted by atomic mass is 10.1. The molecule has 1 aliphatic rings. The van der Waals surface area contributed by atoms with Crippen LogP contribution in [0.1, 0.15) is 43.5 Å². The third-order valence-corrected chi connectivity index (χ3v) is 2.40. The van der Waals surface area contributed by atoms with Crippen LogP contribution in [0.5, 0.6) is 0 Å². The van der Waals surface area contributed by atoms with Gasteiger partial charge in [0.25, 0.3) is 5.91 Å². The second-order valence-electron chi connectivity index (χ2n) is 3.28. The molecule has 0 unspecified atom stereocenters. The highest BCUT2D eigenvalue weighted by Gasteiger charge is 2.26. The van der Waals surface area contributed by atoms with Crippen LogP contribution < -0.4 is 5.32 Å². The summed E-state index contributed by atoms with van der Waals surface area (Å²) in [6.45, 7) is 0.546. The number of aldehydes is 2. The monoisotopic (exact) mass is 207 g/mol. The maximum atomic E-state index is 11.6. The summed E-state index contributed by atoms with van der Waals surface area (Å²) in [5.74, 6) is -0.322. The van der Waals surface area contributed by atoms with E-state index in [2.05, 4.69) is 5.32 Å². The Morgan fingerprint density at radius 1 is 1.20 bits per heavy atom. The van der Waals surface area contributed by atoms with Gasteiger partial charge in [0.1, 0.15) is 0 Å². The van der Waals surface area contributed by atoms with Crippen molar-refractivity contribution in [3.05, 3.63) is 22.6 Å². The quantitative estimate of drug-likeness (QED) is 0.719. The molecule has 1 N–H and O–H groups in total. The molecule has 1 aromatic heterocycles. The van der Waals surface area contributed by atoms with E-state index in [9.17, 15) is 14.4 Å². The predicted octanol–water partition coefficient (Wildman–Crippen LogP) is 0.581. The zero-order valence-electron chi connectivity index (χ0n) is 7.91. The molecule has 0 radical (unpaired) electrons. The molecule has 0 aromatic carbocycles. The van der Waals surface area contributed by atoms with E-state index in [0.29, 0.717) is 31.1 Å². The van der Waals surface area contributed by atoms with E-state index in [-0.39, 0.29) is 23.0 Å². The lowest BCUT2D eigenvalue weighted by Crippen LogP contribution is -2.23. The van der Waals surface area contributed by atoms with E-state index < -0.39 is 0 Å². The van der Waals surface area contributed by atoms with Gasteiger partial charge in [-0.25, -0.2) is 0 Å². The molecule has 15 heavy (non-hydrogen) atoms. The van der Waals surface area contributed by atoms with Gasteiger partial charge < -0.3 is 9.73 Å². The van der Waals surface area contributed by atoms with Crippen molar-refractivity contribution in [3.63, 3.8) is 0 Å². The third-order valence-electron chi connectivity index (χ3n) is 2.40. The van der Waals surface area contributed by atoms with Crippen LogP contribution in [-0.2, 0) is 6.42 Å². The zero-order valence-corrected chi connectivity index (χ0v) is 7.91. The molecule has 1 amide bonds. The van der Waals surface area contributed by atoms with Crippen molar-refractivity contribution >= 4 is 18.5 Å². The normalized spacial score (nSPS) is 15.1. The van der Waals surface area contributed by atoms with Gasteiger partial charge in [-0.05, 0) is 12.8 Å². The molecule has 2 heterocycles. The van der Waals surface area contributed by atoms with E-state index in [1.807, 2.05) is 0 Å². The largest absolute Gasteiger partial charge is 0.449 e. The number of amides is 1. The minimum Gasteiger partial charge on any atom is -0.449 e. The van der Waals surface area contributed by atoms with E-state index in [1.54, 1.807) is 0 Å². The van der Waals surface area contributed by atoms with Gasteiger partial charge in [0.05, 0.1) is 5.56 Å². The molecule has 5 nitrogen and oxygen atoms in total. The summed E-state index contributed by atoms with van der Waals surface area (Å²) >= 11 is 0. The van der Waals surface area contributed by atoms with Gasteiger partial charge in [0.2, 0.25) is 0 Å². The Morgan fingerprint density at radius 3 is 2.60 bits per heavy atom. The minimum absolute atomic E-state index is 0.0634. The molecule has 0 fully saturated rings. The van der Waals surface area contributed by atoms with Crippen LogP contribution in [0, 0.1) is 0 Å². The molecule has 0 bridgehead atoms. The van der Waals surface area contributed by atoms with Crippen molar-refractivity contribution in [3.8, 4) is 0 Å². The third kappa shape index (κ3) is 1.45. The van der Waals surface area contributed by atoms with Crippen LogP contribution in [0.3, 0.4) is 0 Å². The first-order valence-corrected chi connectivity index (χ1v) is 4.62. The number of hydrogen-bond acceptors (Lipinski definition) is 4. The average molecular weight is 207 g/mol. The first-order valence-electron chi connectivity index (χ1n) is 4.62. The molecule has 0 saturated carbocycles. The van der Waals surface area contributed by atoms with Gasteiger partial charge >= 0.3 is 0 Å². The van der Waals surface area contributed by atoms with Crippen molar-refractivity contribution in [2.75, 3.05) is 6.54 Å². The summed E-state index contributed by atoms with van der Waals surface area (Å²) in [5.41, 5.74) is 0.756. The second-order valence-corrected chi connectivity index (χ2v) is 3.28. The summed E-state index contributed by atoms with van der Waals surface area (Å²) in [6.07, 6.45) is 2.29. The number of carbonyl (C=O) groups excluding carboxylic acids is 3. The number of hydrogen-bond donors (Lipinski definition) is 1. The standard InChI is InChI=1S/C10H9NO4/c12-4-7-6-2-1-3-11-10(14)9(6)8(5-13)15-7/h4-5H,1-3H2,(H,11,14). The molecular weight excluding hydrogens is 198 g/mol. The molecular formula is C10H9NO4. The highest BCUT2D eigenvalue weighted by Crippen LogP contribution is 2.23. The average Bonchev–Trinajstić information content (AvgIpc) is 2.51. The SMILES string of the molecule is O=Cc1oc(C=O)c2c1CCCNC2=O. The number of carbonyl (C=O) groups is 3. The van der Waals surface area contributed by atoms with Crippen LogP contribution in [-0.4, -0.2) is 25.0 Å². The Kier molecular flexibility index (Phi) is 2.37. The maximum Gasteiger partial charge on any atom is 0.255 e. The topological polar surface area (TPSA) is 76.4 Å².